The number of ketones is 1. The Kier molecular flexibility index (Phi) is 6.92. The summed E-state index contributed by atoms with van der Waals surface area (Å²) in [5, 5.41) is 14.0. The van der Waals surface area contributed by atoms with Crippen LogP contribution >= 0.6 is 0 Å². The molecule has 1 saturated heterocycles. The third kappa shape index (κ3) is 4.87. The number of aliphatic imine (C=N–C) groups is 1. The number of Topliss-reactive ketones (excluding diaryl/α,β-unsaturated/α-hetero) is 1. The number of unbranched alkanes of at least 4 members (excludes halogenated alkanes) is 2. The van der Waals surface area contributed by atoms with Crippen LogP contribution in [0.4, 0.5) is 0 Å². The summed E-state index contributed by atoms with van der Waals surface area (Å²) in [7, 11) is 1.64. The maximum absolute atomic E-state index is 12.3. The van der Waals surface area contributed by atoms with Crippen molar-refractivity contribution < 1.29 is 18.8 Å². The van der Waals surface area contributed by atoms with Gasteiger partial charge in [0.2, 0.25) is 5.91 Å². The van der Waals surface area contributed by atoms with E-state index in [1.54, 1.807) is 19.4 Å². The van der Waals surface area contributed by atoms with Gasteiger partial charge in [0.15, 0.2) is 11.7 Å². The van der Waals surface area contributed by atoms with Crippen molar-refractivity contribution in [3.05, 3.63) is 42.2 Å². The van der Waals surface area contributed by atoms with Gasteiger partial charge in [-0.05, 0) is 32.1 Å². The first-order chi connectivity index (χ1) is 15.6. The molecule has 3 N–H and O–H groups in total. The minimum atomic E-state index is -0.376. The van der Waals surface area contributed by atoms with Gasteiger partial charge >= 0.3 is 0 Å². The van der Waals surface area contributed by atoms with Crippen LogP contribution in [-0.4, -0.2) is 41.6 Å². The first-order valence-electron chi connectivity index (χ1n) is 11.4. The fourth-order valence-electron chi connectivity index (χ4n) is 4.79. The van der Waals surface area contributed by atoms with Crippen LogP contribution in [0.5, 0.6) is 0 Å². The molecule has 3 aliphatic heterocycles. The highest BCUT2D eigenvalue weighted by Crippen LogP contribution is 2.32. The van der Waals surface area contributed by atoms with Crippen LogP contribution in [0, 0.1) is 5.92 Å². The van der Waals surface area contributed by atoms with Gasteiger partial charge in [-0.15, -0.1) is 0 Å². The van der Waals surface area contributed by atoms with Crippen LogP contribution in [0.1, 0.15) is 68.3 Å². The molecule has 3 aliphatic rings. The number of ether oxygens (including phenoxy) is 1. The van der Waals surface area contributed by atoms with Gasteiger partial charge in [0.1, 0.15) is 18.1 Å². The van der Waals surface area contributed by atoms with Gasteiger partial charge in [0.25, 0.3) is 0 Å². The lowest BCUT2D eigenvalue weighted by molar-refractivity contribution is -0.126. The van der Waals surface area contributed by atoms with Crippen molar-refractivity contribution in [3.8, 4) is 0 Å². The lowest BCUT2D eigenvalue weighted by Gasteiger charge is -2.43. The van der Waals surface area contributed by atoms with Gasteiger partial charge in [0.05, 0.1) is 18.6 Å². The molecule has 0 bridgehead atoms. The molecule has 9 nitrogen and oxygen atoms in total. The Morgan fingerprint density at radius 1 is 1.34 bits per heavy atom. The fraction of sp³-hybridized carbons (Fsp3) is 0.565. The predicted octanol–water partition coefficient (Wildman–Crippen LogP) is 2.79. The number of carbonyl (C=O) groups is 2. The number of hydrogen-bond donors (Lipinski definition) is 3. The zero-order valence-electron chi connectivity index (χ0n) is 18.4. The van der Waals surface area contributed by atoms with E-state index in [0.29, 0.717) is 24.4 Å². The summed E-state index contributed by atoms with van der Waals surface area (Å²) < 4.78 is 10.2. The number of rotatable bonds is 9. The topological polar surface area (TPSA) is 118 Å². The van der Waals surface area contributed by atoms with Crippen molar-refractivity contribution >= 4 is 17.6 Å². The lowest BCUT2D eigenvalue weighted by atomic mass is 9.81. The minimum Gasteiger partial charge on any atom is -0.484 e. The molecule has 0 spiro atoms. The monoisotopic (exact) mass is 441 g/mol. The molecular formula is C23H31N5O4. The van der Waals surface area contributed by atoms with Crippen LogP contribution in [0.25, 0.3) is 0 Å². The van der Waals surface area contributed by atoms with Gasteiger partial charge < -0.3 is 25.2 Å². The predicted molar refractivity (Wildman–Crippen MR) is 118 cm³/mol. The summed E-state index contributed by atoms with van der Waals surface area (Å²) in [6.45, 7) is 0. The maximum Gasteiger partial charge on any atom is 0.220 e. The largest absolute Gasteiger partial charge is 0.484 e. The lowest BCUT2D eigenvalue weighted by Crippen LogP contribution is -2.65. The van der Waals surface area contributed by atoms with E-state index in [4.69, 9.17) is 9.26 Å². The number of aromatic nitrogens is 1. The molecule has 32 heavy (non-hydrogen) atoms. The Hall–Kier alpha value is -3.10. The molecule has 0 aliphatic carbocycles. The fourth-order valence-corrected chi connectivity index (χ4v) is 4.79. The number of hydrogen-bond acceptors (Lipinski definition) is 8. The Morgan fingerprint density at radius 3 is 3.03 bits per heavy atom. The molecule has 172 valence electrons. The molecule has 1 aromatic heterocycles. The molecule has 9 heteroatoms. The van der Waals surface area contributed by atoms with Crippen LogP contribution in [0.2, 0.25) is 0 Å². The average Bonchev–Trinajstić information content (AvgIpc) is 3.51. The van der Waals surface area contributed by atoms with E-state index in [0.717, 1.165) is 50.6 Å². The molecular weight excluding hydrogens is 410 g/mol. The van der Waals surface area contributed by atoms with Crippen LogP contribution in [-0.2, 0) is 9.53 Å². The first-order valence-corrected chi connectivity index (χ1v) is 11.4. The van der Waals surface area contributed by atoms with Gasteiger partial charge in [-0.25, -0.2) is 4.99 Å². The Bertz CT molecular complexity index is 907. The van der Waals surface area contributed by atoms with Gasteiger partial charge in [-0.3, -0.25) is 9.59 Å². The Labute approximate surface area is 187 Å². The number of piperidine rings is 1. The number of amides is 1. The second-order valence-electron chi connectivity index (χ2n) is 8.61. The third-order valence-corrected chi connectivity index (χ3v) is 6.50. The summed E-state index contributed by atoms with van der Waals surface area (Å²) in [5.74, 6) is 0.826. The SMILES string of the molecule is COC1=NC=CCC1C1=CNC([C@]2(CCCCCC(=O)c3ccon3)CCCC(=O)N2)N1. The zero-order chi connectivity index (χ0) is 22.4. The smallest absolute Gasteiger partial charge is 0.220 e. The van der Waals surface area contributed by atoms with Gasteiger partial charge in [-0.1, -0.05) is 24.1 Å². The van der Waals surface area contributed by atoms with Crippen molar-refractivity contribution in [2.24, 2.45) is 10.9 Å². The van der Waals surface area contributed by atoms with E-state index < -0.39 is 0 Å². The maximum atomic E-state index is 12.3. The summed E-state index contributed by atoms with van der Waals surface area (Å²) in [5.41, 5.74) is 1.03. The number of methoxy groups -OCH3 is 1. The van der Waals surface area contributed by atoms with Crippen molar-refractivity contribution in [2.75, 3.05) is 7.11 Å². The third-order valence-electron chi connectivity index (χ3n) is 6.50. The quantitative estimate of drug-likeness (QED) is 0.398. The average molecular weight is 442 g/mol. The molecule has 2 unspecified atom stereocenters. The summed E-state index contributed by atoms with van der Waals surface area (Å²) >= 11 is 0. The van der Waals surface area contributed by atoms with E-state index in [1.165, 1.54) is 6.26 Å². The van der Waals surface area contributed by atoms with Crippen LogP contribution in [0.15, 0.2) is 46.0 Å². The molecule has 4 heterocycles. The summed E-state index contributed by atoms with van der Waals surface area (Å²) in [6, 6.07) is 1.60. The van der Waals surface area contributed by atoms with E-state index in [2.05, 4.69) is 26.1 Å². The van der Waals surface area contributed by atoms with E-state index in [-0.39, 0.29) is 29.3 Å². The Morgan fingerprint density at radius 2 is 2.25 bits per heavy atom. The molecule has 1 aromatic rings. The molecule has 3 atom stereocenters. The van der Waals surface area contributed by atoms with Gasteiger partial charge in [0, 0.05) is 37.0 Å². The normalized spacial score (nSPS) is 27.1. The first kappa shape index (κ1) is 22.1. The van der Waals surface area contributed by atoms with Crippen molar-refractivity contribution in [1.29, 1.82) is 0 Å². The number of nitrogens with zero attached hydrogens (tertiary/aromatic N) is 2. The summed E-state index contributed by atoms with van der Waals surface area (Å²) in [4.78, 5) is 28.8. The zero-order valence-corrected chi connectivity index (χ0v) is 18.4. The van der Waals surface area contributed by atoms with E-state index >= 15 is 0 Å². The molecule has 4 rings (SSSR count). The second-order valence-corrected chi connectivity index (χ2v) is 8.61. The highest BCUT2D eigenvalue weighted by molar-refractivity contribution is 5.93. The van der Waals surface area contributed by atoms with Crippen molar-refractivity contribution in [1.82, 2.24) is 21.1 Å². The molecule has 1 fully saturated rings. The van der Waals surface area contributed by atoms with Crippen LogP contribution in [0.3, 0.4) is 0 Å². The summed E-state index contributed by atoms with van der Waals surface area (Å²) in [6.07, 6.45) is 14.1. The minimum absolute atomic E-state index is 0.00421. The van der Waals surface area contributed by atoms with Crippen molar-refractivity contribution in [3.63, 3.8) is 0 Å². The van der Waals surface area contributed by atoms with Gasteiger partial charge in [-0.2, -0.15) is 0 Å². The highest BCUT2D eigenvalue weighted by Gasteiger charge is 2.44. The molecule has 1 amide bonds. The number of nitrogens with one attached hydrogen (secondary N) is 3. The van der Waals surface area contributed by atoms with Crippen molar-refractivity contribution in [2.45, 2.75) is 69.5 Å². The highest BCUT2D eigenvalue weighted by atomic mass is 16.5. The molecule has 0 radical (unpaired) electrons. The number of carbonyl (C=O) groups excluding carboxylic acids is 2. The van der Waals surface area contributed by atoms with E-state index in [1.807, 2.05) is 12.3 Å². The second kappa shape index (κ2) is 10.0. The molecule has 0 aromatic carbocycles. The standard InChI is InChI=1S/C23H31N5O4/c1-31-21-16(7-6-13-24-21)18-15-25-22(26-18)23(12-5-9-20(30)27-23)11-4-2-3-8-19(29)17-10-14-32-28-17/h6,10,13-16,22,25-26H,2-5,7-9,11-12H2,1H3,(H,27,30)/t16?,22?,23-/m0/s1. The van der Waals surface area contributed by atoms with Crippen LogP contribution < -0.4 is 16.0 Å². The van der Waals surface area contributed by atoms with E-state index in [9.17, 15) is 9.59 Å². The number of allylic oxidation sites excluding steroid dienone is 1. The Balaban J connectivity index is 1.33. The molecule has 0 saturated carbocycles.